The highest BCUT2D eigenvalue weighted by atomic mass is 35.5. The molecule has 5 nitrogen and oxygen atoms in total. The van der Waals surface area contributed by atoms with Crippen molar-refractivity contribution in [3.8, 4) is 10.6 Å². The summed E-state index contributed by atoms with van der Waals surface area (Å²) in [4.78, 5) is 16.6. The molecule has 11 heteroatoms. The van der Waals surface area contributed by atoms with E-state index in [1.165, 1.54) is 29.8 Å². The summed E-state index contributed by atoms with van der Waals surface area (Å²) in [6.07, 6.45) is 0.734. The standard InChI is InChI=1S/C21H21ClF3N5S2/c1-11-4-5-12(2)30(11)9-17-19(16-6-14(10-31-16)21(23,24)25)29-20(32-17)28-13(3)15-7-27-18(22)8-26-15/h6-8,10-12H,3-5,9H2,1-2H3,(H,28,29)/t11-,12-/m1/s1. The number of thiophene rings is 1. The van der Waals surface area contributed by atoms with Crippen LogP contribution in [-0.4, -0.2) is 31.9 Å². The molecule has 1 aliphatic rings. The number of hydrogen-bond donors (Lipinski definition) is 1. The van der Waals surface area contributed by atoms with Crippen LogP contribution < -0.4 is 5.32 Å². The summed E-state index contributed by atoms with van der Waals surface area (Å²) in [5.74, 6) is 0. The van der Waals surface area contributed by atoms with Crippen LogP contribution in [-0.2, 0) is 12.7 Å². The second-order valence-corrected chi connectivity index (χ2v) is 10.1. The lowest BCUT2D eigenvalue weighted by Crippen LogP contribution is -2.31. The van der Waals surface area contributed by atoms with E-state index in [4.69, 9.17) is 11.6 Å². The lowest BCUT2D eigenvalue weighted by molar-refractivity contribution is -0.137. The predicted molar refractivity (Wildman–Crippen MR) is 124 cm³/mol. The van der Waals surface area contributed by atoms with Crippen molar-refractivity contribution in [2.24, 2.45) is 0 Å². The number of alkyl halides is 3. The number of anilines is 1. The van der Waals surface area contributed by atoms with Gasteiger partial charge in [-0.2, -0.15) is 13.2 Å². The van der Waals surface area contributed by atoms with Gasteiger partial charge in [0, 0.05) is 28.9 Å². The number of hydrogen-bond acceptors (Lipinski definition) is 7. The predicted octanol–water partition coefficient (Wildman–Crippen LogP) is 6.79. The average Bonchev–Trinajstić information content (AvgIpc) is 3.44. The third-order valence-corrected chi connectivity index (χ3v) is 7.59. The molecule has 3 aromatic heterocycles. The fourth-order valence-electron chi connectivity index (χ4n) is 3.70. The molecule has 1 saturated heterocycles. The molecule has 0 bridgehead atoms. The van der Waals surface area contributed by atoms with Gasteiger partial charge in [0.2, 0.25) is 0 Å². The van der Waals surface area contributed by atoms with Gasteiger partial charge < -0.3 is 5.32 Å². The lowest BCUT2D eigenvalue weighted by Gasteiger charge is -2.25. The van der Waals surface area contributed by atoms with E-state index in [-0.39, 0.29) is 5.15 Å². The quantitative estimate of drug-likeness (QED) is 0.404. The molecule has 1 N–H and O–H groups in total. The molecular weight excluding hydrogens is 479 g/mol. The van der Waals surface area contributed by atoms with E-state index in [9.17, 15) is 13.2 Å². The van der Waals surface area contributed by atoms with Crippen molar-refractivity contribution in [2.75, 3.05) is 5.32 Å². The van der Waals surface area contributed by atoms with Crippen LogP contribution in [0.4, 0.5) is 18.3 Å². The molecule has 1 aliphatic heterocycles. The van der Waals surface area contributed by atoms with E-state index in [0.717, 1.165) is 34.4 Å². The first-order valence-corrected chi connectivity index (χ1v) is 12.0. The minimum Gasteiger partial charge on any atom is -0.330 e. The van der Waals surface area contributed by atoms with Crippen LogP contribution in [0.15, 0.2) is 30.4 Å². The summed E-state index contributed by atoms with van der Waals surface area (Å²) < 4.78 is 39.5. The summed E-state index contributed by atoms with van der Waals surface area (Å²) >= 11 is 8.26. The Morgan fingerprint density at radius 1 is 1.25 bits per heavy atom. The fourth-order valence-corrected chi connectivity index (χ4v) is 5.80. The maximum atomic E-state index is 13.2. The van der Waals surface area contributed by atoms with E-state index < -0.39 is 11.7 Å². The van der Waals surface area contributed by atoms with Crippen molar-refractivity contribution < 1.29 is 13.2 Å². The van der Waals surface area contributed by atoms with Gasteiger partial charge in [-0.3, -0.25) is 4.90 Å². The minimum absolute atomic E-state index is 0.271. The van der Waals surface area contributed by atoms with Crippen LogP contribution in [0, 0.1) is 0 Å². The fraction of sp³-hybridized carbons (Fsp3) is 0.381. The summed E-state index contributed by atoms with van der Waals surface area (Å²) in [7, 11) is 0. The van der Waals surface area contributed by atoms with Crippen LogP contribution in [0.2, 0.25) is 5.15 Å². The Morgan fingerprint density at radius 3 is 2.56 bits per heavy atom. The van der Waals surface area contributed by atoms with Gasteiger partial charge in [0.15, 0.2) is 5.13 Å². The molecular formula is C21H21ClF3N5S2. The van der Waals surface area contributed by atoms with E-state index in [1.807, 2.05) is 0 Å². The molecule has 1 fully saturated rings. The molecule has 0 radical (unpaired) electrons. The Hall–Kier alpha value is -2.01. The Balaban J connectivity index is 1.65. The Labute approximate surface area is 197 Å². The van der Waals surface area contributed by atoms with E-state index in [0.29, 0.717) is 45.7 Å². The summed E-state index contributed by atoms with van der Waals surface area (Å²) in [6, 6.07) is 1.98. The number of aromatic nitrogens is 3. The van der Waals surface area contributed by atoms with E-state index >= 15 is 0 Å². The van der Waals surface area contributed by atoms with Crippen molar-refractivity contribution in [2.45, 2.75) is 51.5 Å². The zero-order chi connectivity index (χ0) is 23.0. The van der Waals surface area contributed by atoms with Crippen LogP contribution in [0.5, 0.6) is 0 Å². The number of rotatable bonds is 6. The van der Waals surface area contributed by atoms with Crippen LogP contribution in [0.25, 0.3) is 16.3 Å². The average molecular weight is 500 g/mol. The molecule has 0 unspecified atom stereocenters. The monoisotopic (exact) mass is 499 g/mol. The molecule has 0 saturated carbocycles. The lowest BCUT2D eigenvalue weighted by atomic mass is 10.2. The molecule has 0 spiro atoms. The van der Waals surface area contributed by atoms with E-state index in [1.54, 1.807) is 0 Å². The Kier molecular flexibility index (Phi) is 6.58. The van der Waals surface area contributed by atoms with Crippen LogP contribution >= 0.6 is 34.3 Å². The molecule has 0 aliphatic carbocycles. The topological polar surface area (TPSA) is 53.9 Å². The maximum absolute atomic E-state index is 13.2. The smallest absolute Gasteiger partial charge is 0.330 e. The minimum atomic E-state index is -4.38. The highest BCUT2D eigenvalue weighted by molar-refractivity contribution is 7.17. The highest BCUT2D eigenvalue weighted by Gasteiger charge is 2.33. The van der Waals surface area contributed by atoms with E-state index in [2.05, 4.69) is 45.6 Å². The van der Waals surface area contributed by atoms with Gasteiger partial charge in [-0.15, -0.1) is 11.3 Å². The molecule has 32 heavy (non-hydrogen) atoms. The summed E-state index contributed by atoms with van der Waals surface area (Å²) in [5.41, 5.74) is 0.894. The first-order valence-electron chi connectivity index (χ1n) is 9.97. The van der Waals surface area contributed by atoms with Crippen LogP contribution in [0.1, 0.15) is 42.8 Å². The number of nitrogens with zero attached hydrogens (tertiary/aromatic N) is 4. The summed E-state index contributed by atoms with van der Waals surface area (Å²) in [6.45, 7) is 8.96. The molecule has 0 aromatic carbocycles. The molecule has 4 heterocycles. The van der Waals surface area contributed by atoms with Crippen molar-refractivity contribution >= 4 is 45.1 Å². The molecule has 170 valence electrons. The zero-order valence-electron chi connectivity index (χ0n) is 17.4. The van der Waals surface area contributed by atoms with Gasteiger partial charge in [-0.25, -0.2) is 15.0 Å². The summed E-state index contributed by atoms with van der Waals surface area (Å²) in [5, 5.41) is 5.07. The van der Waals surface area contributed by atoms with Gasteiger partial charge in [0.05, 0.1) is 34.2 Å². The van der Waals surface area contributed by atoms with Gasteiger partial charge in [-0.1, -0.05) is 29.5 Å². The maximum Gasteiger partial charge on any atom is 0.417 e. The van der Waals surface area contributed by atoms with Crippen molar-refractivity contribution in [1.29, 1.82) is 0 Å². The second-order valence-electron chi connectivity index (χ2n) is 7.76. The molecule has 0 amide bonds. The van der Waals surface area contributed by atoms with Crippen molar-refractivity contribution in [3.05, 3.63) is 51.7 Å². The van der Waals surface area contributed by atoms with Gasteiger partial charge >= 0.3 is 6.18 Å². The molecule has 2 atom stereocenters. The Bertz CT molecular complexity index is 1100. The number of thiazole rings is 1. The zero-order valence-corrected chi connectivity index (χ0v) is 19.8. The molecule has 4 rings (SSSR count). The second kappa shape index (κ2) is 9.09. The van der Waals surface area contributed by atoms with Gasteiger partial charge in [0.25, 0.3) is 0 Å². The first kappa shape index (κ1) is 23.2. The normalized spacial score (nSPS) is 19.4. The highest BCUT2D eigenvalue weighted by Crippen LogP contribution is 2.41. The number of likely N-dealkylation sites (tertiary alicyclic amines) is 1. The molecule has 3 aromatic rings. The largest absolute Gasteiger partial charge is 0.417 e. The Morgan fingerprint density at radius 2 is 1.97 bits per heavy atom. The van der Waals surface area contributed by atoms with Crippen molar-refractivity contribution in [1.82, 2.24) is 19.9 Å². The SMILES string of the molecule is C=C(Nc1nc(-c2cc(C(F)(F)F)cs2)c(CN2[C@H](C)CC[C@H]2C)s1)c1cnc(Cl)cn1. The number of halogens is 4. The third-order valence-electron chi connectivity index (χ3n) is 5.51. The van der Waals surface area contributed by atoms with Crippen LogP contribution in [0.3, 0.4) is 0 Å². The van der Waals surface area contributed by atoms with Gasteiger partial charge in [-0.05, 0) is 32.8 Å². The number of nitrogens with one attached hydrogen (secondary N) is 1. The third kappa shape index (κ3) is 4.98. The first-order chi connectivity index (χ1) is 15.1. The van der Waals surface area contributed by atoms with Gasteiger partial charge in [0.1, 0.15) is 10.8 Å². The van der Waals surface area contributed by atoms with Crippen molar-refractivity contribution in [3.63, 3.8) is 0 Å².